The molecule has 1 amide bonds. The van der Waals surface area contributed by atoms with Crippen molar-refractivity contribution in [2.75, 3.05) is 33.3 Å². The number of halogens is 1. The second kappa shape index (κ2) is 11.7. The van der Waals surface area contributed by atoms with Gasteiger partial charge in [-0.3, -0.25) is 9.69 Å². The van der Waals surface area contributed by atoms with Crippen molar-refractivity contribution in [3.63, 3.8) is 0 Å². The van der Waals surface area contributed by atoms with E-state index in [4.69, 9.17) is 16.3 Å². The first-order valence-electron chi connectivity index (χ1n) is 10.8. The molecule has 7 nitrogen and oxygen atoms in total. The van der Waals surface area contributed by atoms with Crippen LogP contribution in [0.15, 0.2) is 53.4 Å². The monoisotopic (exact) mass is 479 g/mol. The summed E-state index contributed by atoms with van der Waals surface area (Å²) < 4.78 is 32.8. The molecule has 1 saturated heterocycles. The zero-order valence-electron chi connectivity index (χ0n) is 18.2. The molecule has 0 bridgehead atoms. The molecule has 1 fully saturated rings. The highest BCUT2D eigenvalue weighted by molar-refractivity contribution is 7.89. The summed E-state index contributed by atoms with van der Waals surface area (Å²) in [6, 6.07) is 14.1. The van der Waals surface area contributed by atoms with Gasteiger partial charge in [0.1, 0.15) is 10.6 Å². The van der Waals surface area contributed by atoms with E-state index in [0.29, 0.717) is 6.54 Å². The quantitative estimate of drug-likeness (QED) is 0.545. The molecule has 1 aliphatic rings. The first kappa shape index (κ1) is 24.5. The van der Waals surface area contributed by atoms with E-state index in [0.717, 1.165) is 37.2 Å². The van der Waals surface area contributed by atoms with Crippen molar-refractivity contribution >= 4 is 27.5 Å². The third-order valence-corrected chi connectivity index (χ3v) is 7.55. The lowest BCUT2D eigenvalue weighted by molar-refractivity contribution is -0.121. The molecule has 2 aromatic rings. The normalized spacial score (nSPS) is 15.8. The average molecular weight is 480 g/mol. The number of piperidine rings is 1. The van der Waals surface area contributed by atoms with E-state index < -0.39 is 10.0 Å². The predicted molar refractivity (Wildman–Crippen MR) is 125 cm³/mol. The van der Waals surface area contributed by atoms with Crippen molar-refractivity contribution in [1.82, 2.24) is 14.9 Å². The van der Waals surface area contributed by atoms with Crippen LogP contribution in [0, 0.1) is 0 Å². The fourth-order valence-corrected chi connectivity index (χ4v) is 5.49. The van der Waals surface area contributed by atoms with Crippen LogP contribution in [0.5, 0.6) is 5.75 Å². The number of para-hydroxylation sites is 1. The van der Waals surface area contributed by atoms with Gasteiger partial charge in [0.2, 0.25) is 15.9 Å². The van der Waals surface area contributed by atoms with Gasteiger partial charge in [0.15, 0.2) is 0 Å². The van der Waals surface area contributed by atoms with Crippen LogP contribution in [0.1, 0.15) is 37.3 Å². The molecule has 3 rings (SSSR count). The number of carbonyl (C=O) groups excluding carboxylic acids is 1. The second-order valence-electron chi connectivity index (χ2n) is 7.74. The van der Waals surface area contributed by atoms with Crippen molar-refractivity contribution in [2.45, 2.75) is 36.6 Å². The second-order valence-corrected chi connectivity index (χ2v) is 9.88. The number of benzene rings is 2. The van der Waals surface area contributed by atoms with Crippen LogP contribution in [0.3, 0.4) is 0 Å². The summed E-state index contributed by atoms with van der Waals surface area (Å²) in [6.07, 6.45) is 3.50. The third kappa shape index (κ3) is 6.45. The molecule has 9 heteroatoms. The Balaban J connectivity index is 1.58. The maximum Gasteiger partial charge on any atom is 0.242 e. The Morgan fingerprint density at radius 3 is 2.50 bits per heavy atom. The fraction of sp³-hybridized carbons (Fsp3) is 0.435. The zero-order chi connectivity index (χ0) is 23.0. The number of nitrogens with one attached hydrogen (secondary N) is 2. The lowest BCUT2D eigenvalue weighted by atomic mass is 10.0. The summed E-state index contributed by atoms with van der Waals surface area (Å²) in [6.45, 7) is 2.35. The first-order chi connectivity index (χ1) is 15.4. The number of ether oxygens (including phenoxy) is 1. The molecule has 1 aliphatic heterocycles. The smallest absolute Gasteiger partial charge is 0.242 e. The number of amides is 1. The van der Waals surface area contributed by atoms with Gasteiger partial charge in [-0.05, 0) is 44.1 Å². The van der Waals surface area contributed by atoms with Crippen LogP contribution in [-0.2, 0) is 14.8 Å². The Morgan fingerprint density at radius 2 is 1.78 bits per heavy atom. The van der Waals surface area contributed by atoms with Crippen molar-refractivity contribution in [2.24, 2.45) is 0 Å². The molecule has 0 aromatic heterocycles. The van der Waals surface area contributed by atoms with Crippen LogP contribution in [0.2, 0.25) is 5.02 Å². The molecule has 1 heterocycles. The highest BCUT2D eigenvalue weighted by atomic mass is 35.5. The standard InChI is InChI=1S/C23H30ClN3O4S/c1-31-21-11-5-3-9-18(21)20(27-15-7-2-8-16-27)17-25-23(28)13-14-26-32(29,30)22-12-6-4-10-19(22)24/h3-6,9-12,20,26H,2,7-8,13-17H2,1H3,(H,25,28). The average Bonchev–Trinajstić information content (AvgIpc) is 2.80. The van der Waals surface area contributed by atoms with Gasteiger partial charge in [0.25, 0.3) is 0 Å². The molecular formula is C23H30ClN3O4S. The molecule has 174 valence electrons. The van der Waals surface area contributed by atoms with Crippen molar-refractivity contribution in [3.8, 4) is 5.75 Å². The third-order valence-electron chi connectivity index (χ3n) is 5.59. The van der Waals surface area contributed by atoms with Crippen molar-refractivity contribution < 1.29 is 17.9 Å². The Hall–Kier alpha value is -2.13. The number of nitrogens with zero attached hydrogens (tertiary/aromatic N) is 1. The topological polar surface area (TPSA) is 87.7 Å². The highest BCUT2D eigenvalue weighted by Crippen LogP contribution is 2.30. The molecule has 0 spiro atoms. The van der Waals surface area contributed by atoms with E-state index in [1.807, 2.05) is 24.3 Å². The minimum atomic E-state index is -3.77. The van der Waals surface area contributed by atoms with Crippen LogP contribution in [0.4, 0.5) is 0 Å². The molecular weight excluding hydrogens is 450 g/mol. The van der Waals surface area contributed by atoms with Gasteiger partial charge in [-0.25, -0.2) is 13.1 Å². The van der Waals surface area contributed by atoms with E-state index in [1.165, 1.54) is 18.6 Å². The van der Waals surface area contributed by atoms with Gasteiger partial charge in [0.05, 0.1) is 18.2 Å². The minimum absolute atomic E-state index is 0.00316. The first-order valence-corrected chi connectivity index (χ1v) is 12.7. The molecule has 1 atom stereocenters. The fourth-order valence-electron chi connectivity index (χ4n) is 3.95. The van der Waals surface area contributed by atoms with Crippen molar-refractivity contribution in [3.05, 3.63) is 59.1 Å². The molecule has 0 aliphatic carbocycles. The zero-order valence-corrected chi connectivity index (χ0v) is 19.8. The summed E-state index contributed by atoms with van der Waals surface area (Å²) in [7, 11) is -2.13. The largest absolute Gasteiger partial charge is 0.496 e. The van der Waals surface area contributed by atoms with Crippen LogP contribution < -0.4 is 14.8 Å². The van der Waals surface area contributed by atoms with Gasteiger partial charge in [-0.2, -0.15) is 0 Å². The maximum atomic E-state index is 12.5. The maximum absolute atomic E-state index is 12.5. The predicted octanol–water partition coefficient (Wildman–Crippen LogP) is 3.36. The van der Waals surface area contributed by atoms with Crippen molar-refractivity contribution in [1.29, 1.82) is 0 Å². The van der Waals surface area contributed by atoms with E-state index in [2.05, 4.69) is 14.9 Å². The highest BCUT2D eigenvalue weighted by Gasteiger charge is 2.25. The van der Waals surface area contributed by atoms with Gasteiger partial charge in [-0.1, -0.05) is 48.4 Å². The van der Waals surface area contributed by atoms with Gasteiger partial charge >= 0.3 is 0 Å². The molecule has 0 radical (unpaired) electrons. The Bertz CT molecular complexity index is 1010. The summed E-state index contributed by atoms with van der Waals surface area (Å²) in [5.74, 6) is 0.577. The number of rotatable bonds is 10. The summed E-state index contributed by atoms with van der Waals surface area (Å²) in [5.41, 5.74) is 1.04. The Kier molecular flexibility index (Phi) is 8.92. The molecule has 2 aromatic carbocycles. The lowest BCUT2D eigenvalue weighted by Crippen LogP contribution is -2.41. The Labute approximate surface area is 195 Å². The number of likely N-dealkylation sites (tertiary alicyclic amines) is 1. The van der Waals surface area contributed by atoms with Crippen LogP contribution in [0.25, 0.3) is 0 Å². The van der Waals surface area contributed by atoms with Gasteiger partial charge in [0, 0.05) is 25.1 Å². The van der Waals surface area contributed by atoms with Gasteiger partial charge in [-0.15, -0.1) is 0 Å². The molecule has 0 saturated carbocycles. The summed E-state index contributed by atoms with van der Waals surface area (Å²) >= 11 is 5.98. The lowest BCUT2D eigenvalue weighted by Gasteiger charge is -2.35. The Morgan fingerprint density at radius 1 is 1.09 bits per heavy atom. The van der Waals surface area contributed by atoms with Gasteiger partial charge < -0.3 is 10.1 Å². The number of hydrogen-bond donors (Lipinski definition) is 2. The molecule has 2 N–H and O–H groups in total. The van der Waals surface area contributed by atoms with E-state index in [-0.39, 0.29) is 34.8 Å². The number of sulfonamides is 1. The van der Waals surface area contributed by atoms with E-state index in [9.17, 15) is 13.2 Å². The number of methoxy groups -OCH3 is 1. The number of carbonyl (C=O) groups is 1. The molecule has 1 unspecified atom stereocenters. The minimum Gasteiger partial charge on any atom is -0.496 e. The van der Waals surface area contributed by atoms with E-state index >= 15 is 0 Å². The summed E-state index contributed by atoms with van der Waals surface area (Å²) in [4.78, 5) is 14.9. The van der Waals surface area contributed by atoms with E-state index in [1.54, 1.807) is 19.2 Å². The SMILES string of the molecule is COc1ccccc1C(CNC(=O)CCNS(=O)(=O)c1ccccc1Cl)N1CCCCC1. The number of hydrogen-bond acceptors (Lipinski definition) is 5. The van der Waals surface area contributed by atoms with Crippen LogP contribution >= 0.6 is 11.6 Å². The molecule has 32 heavy (non-hydrogen) atoms. The van der Waals surface area contributed by atoms with Crippen LogP contribution in [-0.4, -0.2) is 52.5 Å². The summed E-state index contributed by atoms with van der Waals surface area (Å²) in [5, 5.41) is 3.11.